The largest absolute Gasteiger partial charge is 0.325 e. The summed E-state index contributed by atoms with van der Waals surface area (Å²) in [6.45, 7) is 10.6. The molecule has 0 aliphatic rings. The van der Waals surface area contributed by atoms with Gasteiger partial charge in [-0.2, -0.15) is 0 Å². The molecule has 0 radical (unpaired) electrons. The fourth-order valence-electron chi connectivity index (χ4n) is 8.69. The van der Waals surface area contributed by atoms with Crippen molar-refractivity contribution < 1.29 is 4.79 Å². The van der Waals surface area contributed by atoms with E-state index in [0.717, 1.165) is 6.42 Å². The van der Waals surface area contributed by atoms with E-state index in [2.05, 4.69) is 27.4 Å². The van der Waals surface area contributed by atoms with Crippen LogP contribution in [0.2, 0.25) is 0 Å². The van der Waals surface area contributed by atoms with Gasteiger partial charge >= 0.3 is 0 Å². The summed E-state index contributed by atoms with van der Waals surface area (Å²) in [6, 6.07) is 0. The number of carbonyl (C=O) groups is 1. The summed E-state index contributed by atoms with van der Waals surface area (Å²) in [4.78, 5) is 11.5. The molecule has 0 aromatic carbocycles. The van der Waals surface area contributed by atoms with Crippen LogP contribution in [0.4, 0.5) is 0 Å². The van der Waals surface area contributed by atoms with Gasteiger partial charge in [-0.3, -0.25) is 4.79 Å². The summed E-state index contributed by atoms with van der Waals surface area (Å²) in [7, 11) is 0. The number of rotatable bonds is 45. The van der Waals surface area contributed by atoms with Crippen molar-refractivity contribution >= 4 is 5.78 Å². The zero-order valence-electron chi connectivity index (χ0n) is 36.5. The van der Waals surface area contributed by atoms with Gasteiger partial charge in [0.25, 0.3) is 0 Å². The Morgan fingerprint density at radius 3 is 0.962 bits per heavy atom. The normalized spacial score (nSPS) is 12.5. The molecule has 0 fully saturated rings. The number of ketones is 1. The molecular formula is C50H99NO. The summed E-state index contributed by atoms with van der Waals surface area (Å²) in [5, 5.41) is 0. The molecule has 0 aromatic rings. The Labute approximate surface area is 329 Å². The molecule has 0 aromatic heterocycles. The minimum atomic E-state index is 0.0390. The second kappa shape index (κ2) is 41.5. The van der Waals surface area contributed by atoms with Gasteiger partial charge < -0.3 is 5.73 Å². The van der Waals surface area contributed by atoms with Gasteiger partial charge in [0.15, 0.2) is 5.78 Å². The van der Waals surface area contributed by atoms with Crippen molar-refractivity contribution in [1.29, 1.82) is 0 Å². The van der Waals surface area contributed by atoms with Crippen LogP contribution >= 0.6 is 0 Å². The second-order valence-electron chi connectivity index (χ2n) is 17.4. The smallest absolute Gasteiger partial charge is 0.155 e. The van der Waals surface area contributed by atoms with Crippen molar-refractivity contribution in [2.75, 3.05) is 0 Å². The Morgan fingerprint density at radius 2 is 0.673 bits per heavy atom. The van der Waals surface area contributed by atoms with Gasteiger partial charge in [-0.05, 0) is 44.1 Å². The first kappa shape index (κ1) is 51.4. The number of nitrogens with two attached hydrogens (primary N) is 1. The van der Waals surface area contributed by atoms with Crippen molar-refractivity contribution in [2.24, 2.45) is 11.7 Å². The van der Waals surface area contributed by atoms with E-state index in [-0.39, 0.29) is 11.3 Å². The monoisotopic (exact) mass is 730 g/mol. The van der Waals surface area contributed by atoms with E-state index in [0.29, 0.717) is 12.3 Å². The van der Waals surface area contributed by atoms with Gasteiger partial charge in [0, 0.05) is 12.0 Å². The average molecular weight is 730 g/mol. The van der Waals surface area contributed by atoms with Crippen LogP contribution in [-0.2, 0) is 4.79 Å². The minimum absolute atomic E-state index is 0.0390. The van der Waals surface area contributed by atoms with Crippen LogP contribution in [0.25, 0.3) is 0 Å². The highest BCUT2D eigenvalue weighted by Crippen LogP contribution is 2.36. The molecule has 1 atom stereocenters. The molecule has 0 aliphatic heterocycles. The highest BCUT2D eigenvalue weighted by atomic mass is 16.1. The molecule has 2 nitrogen and oxygen atoms in total. The van der Waals surface area contributed by atoms with Crippen LogP contribution in [-0.4, -0.2) is 11.3 Å². The van der Waals surface area contributed by atoms with Crippen LogP contribution < -0.4 is 5.73 Å². The molecule has 1 unspecified atom stereocenters. The van der Waals surface area contributed by atoms with E-state index in [1.807, 2.05) is 0 Å². The van der Waals surface area contributed by atoms with E-state index in [1.54, 1.807) is 0 Å². The molecule has 0 spiro atoms. The third kappa shape index (κ3) is 35.1. The number of hydrogen-bond donors (Lipinski definition) is 1. The van der Waals surface area contributed by atoms with Crippen LogP contribution in [0.1, 0.15) is 290 Å². The van der Waals surface area contributed by atoms with Crippen molar-refractivity contribution in [2.45, 2.75) is 296 Å². The molecule has 0 aliphatic carbocycles. The summed E-state index contributed by atoms with van der Waals surface area (Å²) in [6.07, 6.45) is 58.6. The summed E-state index contributed by atoms with van der Waals surface area (Å²) in [5.74, 6) is 0.901. The Morgan fingerprint density at radius 1 is 0.423 bits per heavy atom. The minimum Gasteiger partial charge on any atom is -0.325 e. The first-order valence-corrected chi connectivity index (χ1v) is 24.5. The number of hydrogen-bond acceptors (Lipinski definition) is 2. The molecule has 0 heterocycles. The van der Waals surface area contributed by atoms with E-state index in [9.17, 15) is 4.79 Å². The number of allylic oxidation sites excluding steroid dienone is 1. The Kier molecular flexibility index (Phi) is 41.0. The lowest BCUT2D eigenvalue weighted by molar-refractivity contribution is -0.114. The third-order valence-electron chi connectivity index (χ3n) is 12.4. The van der Waals surface area contributed by atoms with Crippen LogP contribution in [0, 0.1) is 5.92 Å². The lowest BCUT2D eigenvalue weighted by Crippen LogP contribution is -2.47. The molecule has 0 saturated carbocycles. The van der Waals surface area contributed by atoms with Gasteiger partial charge in [-0.25, -0.2) is 0 Å². The maximum atomic E-state index is 11.5. The Bertz CT molecular complexity index is 691. The average Bonchev–Trinajstić information content (AvgIpc) is 3.15. The van der Waals surface area contributed by atoms with Crippen molar-refractivity contribution in [3.8, 4) is 0 Å². The summed E-state index contributed by atoms with van der Waals surface area (Å²) < 4.78 is 0. The second-order valence-corrected chi connectivity index (χ2v) is 17.4. The number of carbonyl (C=O) groups excluding carboxylic acids is 1. The topological polar surface area (TPSA) is 43.1 Å². The lowest BCUT2D eigenvalue weighted by atomic mass is 9.72. The predicted octanol–water partition coefficient (Wildman–Crippen LogP) is 17.5. The van der Waals surface area contributed by atoms with Crippen molar-refractivity contribution in [3.05, 3.63) is 12.7 Å². The SMILES string of the molecule is C=CC(=O)CCCCCCCCCC(CCCCCCCCCCCC)C(N)(CCCCCCCCCCCC)CCCCCCCCCCCC. The van der Waals surface area contributed by atoms with Gasteiger partial charge in [-0.15, -0.1) is 0 Å². The maximum Gasteiger partial charge on any atom is 0.155 e. The molecule has 52 heavy (non-hydrogen) atoms. The van der Waals surface area contributed by atoms with E-state index >= 15 is 0 Å². The molecular weight excluding hydrogens is 631 g/mol. The summed E-state index contributed by atoms with van der Waals surface area (Å²) in [5.41, 5.74) is 7.72. The maximum absolute atomic E-state index is 11.5. The van der Waals surface area contributed by atoms with Crippen LogP contribution in [0.5, 0.6) is 0 Å². The van der Waals surface area contributed by atoms with Gasteiger partial charge in [0.2, 0.25) is 0 Å². The van der Waals surface area contributed by atoms with Gasteiger partial charge in [0.1, 0.15) is 0 Å². The highest BCUT2D eigenvalue weighted by Gasteiger charge is 2.33. The Balaban J connectivity index is 5.03. The van der Waals surface area contributed by atoms with Crippen molar-refractivity contribution in [1.82, 2.24) is 0 Å². The molecule has 0 bridgehead atoms. The fourth-order valence-corrected chi connectivity index (χ4v) is 8.69. The van der Waals surface area contributed by atoms with E-state index < -0.39 is 0 Å². The van der Waals surface area contributed by atoms with E-state index in [4.69, 9.17) is 5.73 Å². The first-order valence-electron chi connectivity index (χ1n) is 24.5. The zero-order valence-corrected chi connectivity index (χ0v) is 36.5. The van der Waals surface area contributed by atoms with Crippen LogP contribution in [0.15, 0.2) is 12.7 Å². The fraction of sp³-hybridized carbons (Fsp3) is 0.940. The van der Waals surface area contributed by atoms with Crippen molar-refractivity contribution in [3.63, 3.8) is 0 Å². The third-order valence-corrected chi connectivity index (χ3v) is 12.4. The van der Waals surface area contributed by atoms with Crippen LogP contribution in [0.3, 0.4) is 0 Å². The molecule has 0 rings (SSSR count). The molecule has 2 N–H and O–H groups in total. The molecule has 310 valence electrons. The quantitative estimate of drug-likeness (QED) is 0.0501. The molecule has 0 amide bonds. The van der Waals surface area contributed by atoms with Gasteiger partial charge in [-0.1, -0.05) is 258 Å². The molecule has 2 heteroatoms. The molecule has 0 saturated heterocycles. The Hall–Kier alpha value is -0.630. The lowest BCUT2D eigenvalue weighted by Gasteiger charge is -2.39. The van der Waals surface area contributed by atoms with E-state index in [1.165, 1.54) is 263 Å². The standard InChI is InChI=1S/C50H99NO/c1-5-9-12-15-18-21-24-28-33-38-43-48(44-39-34-29-27-30-35-40-45-49(52)8-4)50(51,46-41-36-31-25-22-19-16-13-10-6-2)47-42-37-32-26-23-20-17-14-11-7-3/h8,48H,4-7,9-47,51H2,1-3H3. The first-order chi connectivity index (χ1) is 25.5. The number of unbranched alkanes of at least 4 members (excludes halogenated alkanes) is 33. The predicted molar refractivity (Wildman–Crippen MR) is 237 cm³/mol. The highest BCUT2D eigenvalue weighted by molar-refractivity contribution is 5.88. The van der Waals surface area contributed by atoms with Gasteiger partial charge in [0.05, 0.1) is 0 Å². The zero-order chi connectivity index (χ0) is 38.1. The summed E-state index contributed by atoms with van der Waals surface area (Å²) >= 11 is 0.